The van der Waals surface area contributed by atoms with Crippen molar-refractivity contribution in [3.63, 3.8) is 0 Å². The van der Waals surface area contributed by atoms with Crippen LogP contribution in [0.25, 0.3) is 0 Å². The molecule has 0 aliphatic heterocycles. The maximum absolute atomic E-state index is 12.1. The first-order valence-electron chi connectivity index (χ1n) is 6.95. The Morgan fingerprint density at radius 2 is 2.00 bits per heavy atom. The molecule has 0 aromatic heterocycles. The average Bonchev–Trinajstić information content (AvgIpc) is 2.56. The Morgan fingerprint density at radius 3 is 2.56 bits per heavy atom. The lowest BCUT2D eigenvalue weighted by molar-refractivity contribution is -0.0787. The first kappa shape index (κ1) is 21.4. The largest absolute Gasteiger partial charge is 0.755 e. The monoisotopic (exact) mass is 402 g/mol. The molecule has 1 aromatic carbocycles. The first-order valence-corrected chi connectivity index (χ1v) is 9.80. The fraction of sp³-hybridized carbons (Fsp3) is 0.462. The van der Waals surface area contributed by atoms with Gasteiger partial charge in [0.15, 0.2) is 9.84 Å². The Balaban J connectivity index is 2.76. The topological polar surface area (TPSA) is 104 Å². The van der Waals surface area contributed by atoms with Crippen LogP contribution in [-0.4, -0.2) is 47.6 Å². The number of rotatable bonds is 10. The molecule has 12 heteroatoms. The third-order valence-electron chi connectivity index (χ3n) is 3.08. The lowest BCUT2D eigenvalue weighted by Gasteiger charge is -2.26. The van der Waals surface area contributed by atoms with Gasteiger partial charge in [-0.2, -0.15) is 0 Å². The number of carbonyl (C=O) groups is 1. The second-order valence-electron chi connectivity index (χ2n) is 4.92. The number of benzene rings is 1. The first-order chi connectivity index (χ1) is 11.7. The van der Waals surface area contributed by atoms with Crippen molar-refractivity contribution in [1.29, 1.82) is 0 Å². The number of halogens is 3. The zero-order valence-electron chi connectivity index (χ0n) is 12.8. The zero-order chi connectivity index (χ0) is 19.0. The van der Waals surface area contributed by atoms with E-state index in [4.69, 9.17) is 0 Å². The molecule has 0 bridgehead atoms. The van der Waals surface area contributed by atoms with E-state index in [2.05, 4.69) is 4.94 Å². The Hall–Kier alpha value is -1.66. The minimum Gasteiger partial charge on any atom is -0.755 e. The van der Waals surface area contributed by atoms with Crippen LogP contribution in [0.5, 0.6) is 0 Å². The zero-order valence-corrected chi connectivity index (χ0v) is 14.4. The van der Waals surface area contributed by atoms with Gasteiger partial charge in [-0.25, -0.2) is 26.9 Å². The van der Waals surface area contributed by atoms with Gasteiger partial charge >= 0.3 is 5.97 Å². The fourth-order valence-corrected chi connectivity index (χ4v) is 3.80. The molecule has 1 atom stereocenters. The summed E-state index contributed by atoms with van der Waals surface area (Å²) in [6.07, 6.45) is -3.66. The highest BCUT2D eigenvalue weighted by Crippen LogP contribution is 2.19. The number of sulfone groups is 1. The molecule has 0 radical (unpaired) electrons. The second-order valence-corrected chi connectivity index (χ2v) is 8.10. The molecule has 142 valence electrons. The number of hydrogen-bond acceptors (Lipinski definition) is 6. The van der Waals surface area contributed by atoms with Crippen molar-refractivity contribution >= 4 is 32.8 Å². The molecule has 0 saturated carbocycles. The molecular weight excluding hydrogens is 387 g/mol. The quantitative estimate of drug-likeness (QED) is 0.553. The maximum atomic E-state index is 12.1. The summed E-state index contributed by atoms with van der Waals surface area (Å²) in [5, 5.41) is 0. The van der Waals surface area contributed by atoms with Crippen LogP contribution in [0.4, 0.5) is 19.0 Å². The minimum absolute atomic E-state index is 0.00112. The van der Waals surface area contributed by atoms with Crippen LogP contribution < -0.4 is 4.31 Å². The van der Waals surface area contributed by atoms with Gasteiger partial charge < -0.3 is 8.86 Å². The Kier molecular flexibility index (Phi) is 8.32. The van der Waals surface area contributed by atoms with Gasteiger partial charge in [0.1, 0.15) is 0 Å². The van der Waals surface area contributed by atoms with E-state index in [0.29, 0.717) is 0 Å². The highest BCUT2D eigenvalue weighted by molar-refractivity contribution is 7.91. The van der Waals surface area contributed by atoms with Gasteiger partial charge in [0.05, 0.1) is 17.1 Å². The summed E-state index contributed by atoms with van der Waals surface area (Å²) in [5.41, 5.74) is -0.235. The van der Waals surface area contributed by atoms with E-state index < -0.39 is 51.4 Å². The molecule has 0 heterocycles. The second kappa shape index (κ2) is 9.73. The van der Waals surface area contributed by atoms with Crippen molar-refractivity contribution in [3.05, 3.63) is 29.8 Å². The molecule has 0 amide bonds. The van der Waals surface area contributed by atoms with E-state index in [0.717, 1.165) is 10.4 Å². The predicted octanol–water partition coefficient (Wildman–Crippen LogP) is 1.79. The fourth-order valence-electron chi connectivity index (χ4n) is 1.92. The van der Waals surface area contributed by atoms with Gasteiger partial charge in [0.25, 0.3) is 0 Å². The summed E-state index contributed by atoms with van der Waals surface area (Å²) in [6.45, 7) is -0.266. The summed E-state index contributed by atoms with van der Waals surface area (Å²) in [5.74, 6) is -2.48. The van der Waals surface area contributed by atoms with Crippen molar-refractivity contribution in [2.45, 2.75) is 19.3 Å². The van der Waals surface area contributed by atoms with E-state index in [9.17, 15) is 35.3 Å². The summed E-state index contributed by atoms with van der Waals surface area (Å²) in [4.78, 5) is 14.2. The molecular formula is C13H15F3NO6S2-. The van der Waals surface area contributed by atoms with E-state index in [1.807, 2.05) is 0 Å². The lowest BCUT2D eigenvalue weighted by atomic mass is 10.2. The minimum atomic E-state index is -3.74. The van der Waals surface area contributed by atoms with E-state index in [1.165, 1.54) is 18.2 Å². The van der Waals surface area contributed by atoms with Crippen LogP contribution in [0.1, 0.15) is 23.2 Å². The summed E-state index contributed by atoms with van der Waals surface area (Å²) in [7, 11) is -3.74. The lowest BCUT2D eigenvalue weighted by Crippen LogP contribution is -2.28. The smallest absolute Gasteiger partial charge is 0.379 e. The third kappa shape index (κ3) is 7.40. The standard InChI is InChI=1S/C13H16F3NO6S2/c14-12(15)5-8-25(21,22)7-2-6-17(24(19)20)11-4-1-3-10(9-11)13(18)23-16/h1,3-4,9,12H,2,5-8H2,(H,19,20)/p-1. The van der Waals surface area contributed by atoms with Crippen LogP contribution in [0.15, 0.2) is 24.3 Å². The number of carbonyl (C=O) groups excluding carboxylic acids is 1. The van der Waals surface area contributed by atoms with Crippen LogP contribution in [-0.2, 0) is 26.0 Å². The van der Waals surface area contributed by atoms with Crippen molar-refractivity contribution < 1.29 is 40.2 Å². The molecule has 25 heavy (non-hydrogen) atoms. The molecule has 0 aliphatic carbocycles. The van der Waals surface area contributed by atoms with Gasteiger partial charge in [-0.05, 0) is 24.6 Å². The highest BCUT2D eigenvalue weighted by Gasteiger charge is 2.17. The average molecular weight is 402 g/mol. The van der Waals surface area contributed by atoms with Crippen molar-refractivity contribution in [3.8, 4) is 0 Å². The SMILES string of the molecule is O=C(OF)c1cccc(N(CCCS(=O)(=O)CCC(F)F)S(=O)[O-])c1. The van der Waals surface area contributed by atoms with Gasteiger partial charge in [0.2, 0.25) is 6.43 Å². The summed E-state index contributed by atoms with van der Waals surface area (Å²) >= 11 is -2.79. The van der Waals surface area contributed by atoms with Crippen molar-refractivity contribution in [2.75, 3.05) is 22.4 Å². The van der Waals surface area contributed by atoms with Gasteiger partial charge in [-0.3, -0.25) is 4.21 Å². The predicted molar refractivity (Wildman–Crippen MR) is 83.1 cm³/mol. The molecule has 0 saturated heterocycles. The molecule has 1 rings (SSSR count). The summed E-state index contributed by atoms with van der Waals surface area (Å²) < 4.78 is 82.6. The maximum Gasteiger partial charge on any atom is 0.379 e. The van der Waals surface area contributed by atoms with Crippen LogP contribution in [0.3, 0.4) is 0 Å². The number of hydrogen-bond donors (Lipinski definition) is 0. The molecule has 0 aliphatic rings. The molecule has 1 aromatic rings. The Bertz CT molecular complexity index is 713. The van der Waals surface area contributed by atoms with Gasteiger partial charge in [-0.15, -0.1) is 0 Å². The molecule has 0 fully saturated rings. The van der Waals surface area contributed by atoms with Crippen LogP contribution in [0, 0.1) is 0 Å². The molecule has 1 unspecified atom stereocenters. The van der Waals surface area contributed by atoms with Crippen molar-refractivity contribution in [2.24, 2.45) is 0 Å². The highest BCUT2D eigenvalue weighted by atomic mass is 32.2. The molecule has 0 spiro atoms. The molecule has 0 N–H and O–H groups in total. The third-order valence-corrected chi connectivity index (χ3v) is 5.61. The number of alkyl halides is 2. The normalized spacial score (nSPS) is 12.8. The van der Waals surface area contributed by atoms with E-state index in [1.54, 1.807) is 0 Å². The number of anilines is 1. The van der Waals surface area contributed by atoms with E-state index >= 15 is 0 Å². The van der Waals surface area contributed by atoms with Gasteiger partial charge in [0, 0.05) is 34.4 Å². The van der Waals surface area contributed by atoms with Crippen molar-refractivity contribution in [1.82, 2.24) is 0 Å². The van der Waals surface area contributed by atoms with Crippen LogP contribution >= 0.6 is 0 Å². The number of nitrogens with zero attached hydrogens (tertiary/aromatic N) is 1. The van der Waals surface area contributed by atoms with Gasteiger partial charge in [-0.1, -0.05) is 6.07 Å². The summed E-state index contributed by atoms with van der Waals surface area (Å²) in [6, 6.07) is 4.87. The molecule has 7 nitrogen and oxygen atoms in total. The Labute approximate surface area is 145 Å². The van der Waals surface area contributed by atoms with Crippen LogP contribution in [0.2, 0.25) is 0 Å². The van der Waals surface area contributed by atoms with E-state index in [-0.39, 0.29) is 24.2 Å². The Morgan fingerprint density at radius 1 is 1.32 bits per heavy atom.